The number of carbonyl (C=O) groups is 5. The van der Waals surface area contributed by atoms with Crippen molar-refractivity contribution in [3.8, 4) is 11.5 Å². The van der Waals surface area contributed by atoms with E-state index in [2.05, 4.69) is 60.6 Å². The molecule has 6 amide bonds. The topological polar surface area (TPSA) is 187 Å². The van der Waals surface area contributed by atoms with Crippen molar-refractivity contribution in [1.82, 2.24) is 31.1 Å². The normalized spacial score (nSPS) is 21.8. The van der Waals surface area contributed by atoms with Gasteiger partial charge in [-0.15, -0.1) is 0 Å². The van der Waals surface area contributed by atoms with Crippen molar-refractivity contribution in [2.24, 2.45) is 5.73 Å². The maximum Gasteiger partial charge on any atom is 0.316 e. The number of primary amides is 1. The van der Waals surface area contributed by atoms with Gasteiger partial charge in [0.15, 0.2) is 0 Å². The minimum atomic E-state index is -0.800. The maximum atomic E-state index is 13.4. The van der Waals surface area contributed by atoms with Gasteiger partial charge in [-0.2, -0.15) is 0 Å². The van der Waals surface area contributed by atoms with Crippen LogP contribution in [0.25, 0.3) is 0 Å². The Bertz CT molecular complexity index is 2800. The van der Waals surface area contributed by atoms with Crippen LogP contribution in [-0.4, -0.2) is 88.8 Å². The molecule has 5 aliphatic heterocycles. The van der Waals surface area contributed by atoms with Crippen LogP contribution in [0.4, 0.5) is 10.5 Å². The van der Waals surface area contributed by atoms with Crippen LogP contribution in [0.5, 0.6) is 11.5 Å². The number of carbonyl (C=O) groups excluding carboxylic acids is 5. The van der Waals surface area contributed by atoms with Gasteiger partial charge in [-0.1, -0.05) is 82.3 Å². The molecule has 0 spiro atoms. The lowest BCUT2D eigenvalue weighted by Gasteiger charge is -2.39. The molecule has 10 rings (SSSR count). The number of nitrogens with one attached hydrogen (secondary N) is 5. The minimum absolute atomic E-state index is 0.0710. The Kier molecular flexibility index (Phi) is 16.7. The largest absolute Gasteiger partial charge is 0.457 e. The third-order valence-corrected chi connectivity index (χ3v) is 15.6. The third kappa shape index (κ3) is 13.0. The lowest BCUT2D eigenvalue weighted by Crippen LogP contribution is -2.51. The Morgan fingerprint density at radius 1 is 0.534 bits per heavy atom. The number of nitrogens with two attached hydrogens (primary N) is 1. The Balaban J connectivity index is 0.000000182. The quantitative estimate of drug-likeness (QED) is 0.0673. The summed E-state index contributed by atoms with van der Waals surface area (Å²) in [6.07, 6.45) is 8.07. The van der Waals surface area contributed by atoms with Crippen LogP contribution in [-0.2, 0) is 27.5 Å². The first-order chi connectivity index (χ1) is 35.1. The summed E-state index contributed by atoms with van der Waals surface area (Å²) in [6.45, 7) is 1.49. The van der Waals surface area contributed by atoms with Gasteiger partial charge in [-0.3, -0.25) is 29.0 Å². The SMILES string of the molecule is NC(=O)Nc1ccc(Cl)cc1C(=O)NCC(=O)N[C@H]1C[C@H]2CC[C@@H](C1)N2Cc1ccc(Cl)cc1.O=C(CNC(=O)C1c2cc(Cl)ccc2Oc2ccc(Cl)cc21)N[C@H]1C[C@H]2CC[C@@H](C1)N2Cc1ccc(Cl)cc1. The number of rotatable bonds is 13. The summed E-state index contributed by atoms with van der Waals surface area (Å²) in [5.41, 5.74) is 9.27. The zero-order chi connectivity index (χ0) is 51.3. The number of amides is 6. The number of benzene rings is 5. The molecule has 0 saturated carbocycles. The van der Waals surface area contributed by atoms with Gasteiger partial charge >= 0.3 is 6.03 Å². The van der Waals surface area contributed by atoms with Gasteiger partial charge in [0.2, 0.25) is 17.7 Å². The minimum Gasteiger partial charge on any atom is -0.457 e. The van der Waals surface area contributed by atoms with E-state index in [9.17, 15) is 24.0 Å². The fourth-order valence-corrected chi connectivity index (χ4v) is 12.0. The van der Waals surface area contributed by atoms with E-state index in [0.29, 0.717) is 61.9 Å². The van der Waals surface area contributed by atoms with Gasteiger partial charge in [-0.05, 0) is 141 Å². The number of halogens is 5. The highest BCUT2D eigenvalue weighted by molar-refractivity contribution is 6.32. The summed E-state index contributed by atoms with van der Waals surface area (Å²) < 4.78 is 5.98. The highest BCUT2D eigenvalue weighted by Gasteiger charge is 2.42. The number of piperidine rings is 2. The molecule has 5 aliphatic rings. The Morgan fingerprint density at radius 3 is 1.40 bits per heavy atom. The van der Waals surface area contributed by atoms with Crippen molar-refractivity contribution in [2.75, 3.05) is 18.4 Å². The fourth-order valence-electron chi connectivity index (χ4n) is 11.2. The molecule has 5 aromatic carbocycles. The molecule has 5 aromatic rings. The third-order valence-electron chi connectivity index (χ3n) is 14.4. The van der Waals surface area contributed by atoms with Crippen LogP contribution in [0.2, 0.25) is 25.1 Å². The van der Waals surface area contributed by atoms with Crippen LogP contribution < -0.4 is 37.1 Å². The first-order valence-electron chi connectivity index (χ1n) is 24.4. The molecule has 5 heterocycles. The molecule has 73 heavy (non-hydrogen) atoms. The van der Waals surface area contributed by atoms with Crippen LogP contribution in [0.15, 0.2) is 103 Å². The van der Waals surface area contributed by atoms with Crippen molar-refractivity contribution >= 4 is 93.4 Å². The van der Waals surface area contributed by atoms with Gasteiger partial charge < -0.3 is 37.1 Å². The number of ether oxygens (including phenoxy) is 1. The van der Waals surface area contributed by atoms with E-state index in [-0.39, 0.29) is 54.1 Å². The molecular weight excluding hydrogens is 1030 g/mol. The molecule has 0 unspecified atom stereocenters. The number of fused-ring (bicyclic) bond motifs is 6. The van der Waals surface area contributed by atoms with Crippen molar-refractivity contribution in [3.63, 3.8) is 0 Å². The van der Waals surface area contributed by atoms with E-state index < -0.39 is 17.9 Å². The smallest absolute Gasteiger partial charge is 0.316 e. The molecule has 19 heteroatoms. The van der Waals surface area contributed by atoms with Gasteiger partial charge in [0.25, 0.3) is 5.91 Å². The van der Waals surface area contributed by atoms with Crippen LogP contribution in [0, 0.1) is 0 Å². The molecule has 14 nitrogen and oxygen atoms in total. The number of anilines is 1. The second-order valence-corrected chi connectivity index (χ2v) is 21.5. The maximum absolute atomic E-state index is 13.4. The summed E-state index contributed by atoms with van der Waals surface area (Å²) in [4.78, 5) is 67.8. The Morgan fingerprint density at radius 2 is 0.945 bits per heavy atom. The van der Waals surface area contributed by atoms with E-state index in [0.717, 1.165) is 74.5 Å². The molecule has 7 N–H and O–H groups in total. The zero-order valence-corrected chi connectivity index (χ0v) is 43.4. The highest BCUT2D eigenvalue weighted by Crippen LogP contribution is 2.46. The summed E-state index contributed by atoms with van der Waals surface area (Å²) in [7, 11) is 0. The van der Waals surface area contributed by atoms with E-state index >= 15 is 0 Å². The molecule has 0 aliphatic carbocycles. The first kappa shape index (κ1) is 52.3. The Hall–Kier alpha value is -5.58. The van der Waals surface area contributed by atoms with Crippen molar-refractivity contribution < 1.29 is 28.7 Å². The average molecular weight is 1090 g/mol. The molecule has 6 atom stereocenters. The fraction of sp³-hybridized carbons (Fsp3) is 0.352. The summed E-state index contributed by atoms with van der Waals surface area (Å²) >= 11 is 30.5. The molecule has 4 fully saturated rings. The molecule has 0 radical (unpaired) electrons. The predicted molar refractivity (Wildman–Crippen MR) is 285 cm³/mol. The second-order valence-electron chi connectivity index (χ2n) is 19.3. The first-order valence-corrected chi connectivity index (χ1v) is 26.3. The van der Waals surface area contributed by atoms with Crippen LogP contribution >= 0.6 is 58.0 Å². The van der Waals surface area contributed by atoms with Gasteiger partial charge in [0, 0.05) is 85.6 Å². The average Bonchev–Trinajstić information content (AvgIpc) is 3.72. The highest BCUT2D eigenvalue weighted by atomic mass is 35.5. The Labute approximate surface area is 448 Å². The van der Waals surface area contributed by atoms with Crippen molar-refractivity contribution in [2.45, 2.75) is 107 Å². The van der Waals surface area contributed by atoms with Gasteiger partial charge in [-0.25, -0.2) is 4.79 Å². The lowest BCUT2D eigenvalue weighted by atomic mass is 9.87. The molecular formula is C54H55Cl5N8O6. The van der Waals surface area contributed by atoms with E-state index in [1.807, 2.05) is 24.3 Å². The summed E-state index contributed by atoms with van der Waals surface area (Å²) in [6, 6.07) is 31.8. The van der Waals surface area contributed by atoms with Gasteiger partial charge in [0.1, 0.15) is 11.5 Å². The molecule has 4 saturated heterocycles. The van der Waals surface area contributed by atoms with Crippen molar-refractivity contribution in [1.29, 1.82) is 0 Å². The molecule has 382 valence electrons. The molecule has 0 aromatic heterocycles. The monoisotopic (exact) mass is 1090 g/mol. The predicted octanol–water partition coefficient (Wildman–Crippen LogP) is 9.84. The van der Waals surface area contributed by atoms with E-state index in [1.54, 1.807) is 36.4 Å². The lowest BCUT2D eigenvalue weighted by molar-refractivity contribution is -0.127. The summed E-state index contributed by atoms with van der Waals surface area (Å²) in [5.74, 6) is -0.864. The van der Waals surface area contributed by atoms with Gasteiger partial charge in [0.05, 0.1) is 30.3 Å². The standard InChI is InChI=1S/C30H28Cl3N3O3.C24H27Cl2N5O3/c31-18-3-1-17(2-4-18)16-36-22-7-8-23(36)14-21(13-22)35-28(37)15-34-30(38)29-24-11-19(32)5-9-26(24)39-27-10-6-20(33)12-25(27)29;25-15-3-1-14(2-4-15)13-31-18-6-7-19(31)11-17(10-18)29-22(32)12-28-23(33)20-9-16(26)5-8-21(20)30-24(27)34/h1-6,9-12,21-23,29H,7-8,13-16H2,(H,34,38)(H,35,37);1-5,8-9,17-19H,6-7,10-13H2,(H,28,33)(H,29,32)(H3,27,30,34)/t21-,22+,23-;17-,18+,19-. The summed E-state index contributed by atoms with van der Waals surface area (Å²) in [5, 5.41) is 16.8. The zero-order valence-electron chi connectivity index (χ0n) is 39.7. The number of hydrogen-bond donors (Lipinski definition) is 6. The van der Waals surface area contributed by atoms with E-state index in [1.165, 1.54) is 29.3 Å². The number of nitrogens with zero attached hydrogens (tertiary/aromatic N) is 2. The number of urea groups is 1. The number of hydrogen-bond acceptors (Lipinski definition) is 8. The van der Waals surface area contributed by atoms with Crippen LogP contribution in [0.1, 0.15) is 89.9 Å². The second kappa shape index (κ2) is 23.3. The van der Waals surface area contributed by atoms with E-state index in [4.69, 9.17) is 68.5 Å². The van der Waals surface area contributed by atoms with Crippen LogP contribution in [0.3, 0.4) is 0 Å². The molecule has 4 bridgehead atoms. The van der Waals surface area contributed by atoms with Crippen molar-refractivity contribution in [3.05, 3.63) is 156 Å².